The standard InChI is InChI=1S/C34H43N3O5/c1-8-34(5,6)37(31(39)28(23-24-15-11-9-12-16-24)36-32(40)42-33(2,3)4)29(25-17-13-10-14-18-25)30(38)35-26-19-21-27(41-7)22-20-26/h9-22,28-29H,8,23H2,1-7H3,(H,35,38)(H,36,40). The Morgan fingerprint density at radius 3 is 1.93 bits per heavy atom. The Morgan fingerprint density at radius 1 is 0.833 bits per heavy atom. The van der Waals surface area contributed by atoms with E-state index in [0.717, 1.165) is 5.56 Å². The molecule has 3 rings (SSSR count). The van der Waals surface area contributed by atoms with Crippen molar-refractivity contribution in [3.63, 3.8) is 0 Å². The van der Waals surface area contributed by atoms with Gasteiger partial charge in [0, 0.05) is 17.6 Å². The molecule has 8 nitrogen and oxygen atoms in total. The summed E-state index contributed by atoms with van der Waals surface area (Å²) in [5.74, 6) is -0.110. The molecule has 0 aliphatic carbocycles. The third-order valence-corrected chi connectivity index (χ3v) is 7.01. The van der Waals surface area contributed by atoms with Gasteiger partial charge in [0.15, 0.2) is 0 Å². The van der Waals surface area contributed by atoms with E-state index in [1.54, 1.807) is 57.0 Å². The number of hydrogen-bond acceptors (Lipinski definition) is 5. The molecular formula is C34H43N3O5. The zero-order chi connectivity index (χ0) is 30.9. The van der Waals surface area contributed by atoms with Gasteiger partial charge < -0.3 is 25.0 Å². The summed E-state index contributed by atoms with van der Waals surface area (Å²) in [5, 5.41) is 5.79. The second kappa shape index (κ2) is 14.0. The Balaban J connectivity index is 2.08. The average Bonchev–Trinajstić information content (AvgIpc) is 2.95. The molecule has 224 valence electrons. The number of carbonyl (C=O) groups is 3. The predicted molar refractivity (Wildman–Crippen MR) is 165 cm³/mol. The molecule has 0 heterocycles. The molecule has 0 aliphatic rings. The van der Waals surface area contributed by atoms with Gasteiger partial charge in [0.1, 0.15) is 23.4 Å². The molecule has 0 saturated carbocycles. The number of methoxy groups -OCH3 is 1. The lowest BCUT2D eigenvalue weighted by Gasteiger charge is -2.44. The summed E-state index contributed by atoms with van der Waals surface area (Å²) in [6, 6.07) is 23.7. The van der Waals surface area contributed by atoms with Gasteiger partial charge in [0.05, 0.1) is 7.11 Å². The highest BCUT2D eigenvalue weighted by atomic mass is 16.6. The van der Waals surface area contributed by atoms with Crippen LogP contribution in [0, 0.1) is 0 Å². The molecule has 0 bridgehead atoms. The van der Waals surface area contributed by atoms with Crippen molar-refractivity contribution >= 4 is 23.6 Å². The monoisotopic (exact) mass is 573 g/mol. The summed E-state index contributed by atoms with van der Waals surface area (Å²) in [5.41, 5.74) is 0.558. The van der Waals surface area contributed by atoms with Gasteiger partial charge in [-0.25, -0.2) is 4.79 Å². The summed E-state index contributed by atoms with van der Waals surface area (Å²) in [6.07, 6.45) is 0.0733. The molecular weight excluding hydrogens is 530 g/mol. The lowest BCUT2D eigenvalue weighted by molar-refractivity contribution is -0.147. The normalized spacial score (nSPS) is 12.9. The summed E-state index contributed by atoms with van der Waals surface area (Å²) in [6.45, 7) is 11.1. The molecule has 0 fully saturated rings. The van der Waals surface area contributed by atoms with Crippen molar-refractivity contribution < 1.29 is 23.9 Å². The van der Waals surface area contributed by atoms with Crippen molar-refractivity contribution in [1.82, 2.24) is 10.2 Å². The van der Waals surface area contributed by atoms with Crippen LogP contribution in [0.5, 0.6) is 5.75 Å². The number of amides is 3. The number of alkyl carbamates (subject to hydrolysis) is 1. The van der Waals surface area contributed by atoms with Crippen LogP contribution in [-0.2, 0) is 20.7 Å². The summed E-state index contributed by atoms with van der Waals surface area (Å²) < 4.78 is 10.8. The maximum absolute atomic E-state index is 14.7. The highest BCUT2D eigenvalue weighted by Gasteiger charge is 2.43. The second-order valence-corrected chi connectivity index (χ2v) is 11.8. The van der Waals surface area contributed by atoms with Crippen LogP contribution in [0.4, 0.5) is 10.5 Å². The Kier molecular flexibility index (Phi) is 10.8. The number of rotatable bonds is 11. The van der Waals surface area contributed by atoms with Crippen molar-refractivity contribution in [2.75, 3.05) is 12.4 Å². The van der Waals surface area contributed by atoms with Gasteiger partial charge in [-0.05, 0) is 76.4 Å². The van der Waals surface area contributed by atoms with E-state index in [1.807, 2.05) is 81.4 Å². The molecule has 42 heavy (non-hydrogen) atoms. The van der Waals surface area contributed by atoms with Gasteiger partial charge in [-0.15, -0.1) is 0 Å². The van der Waals surface area contributed by atoms with Gasteiger partial charge in [-0.3, -0.25) is 9.59 Å². The van der Waals surface area contributed by atoms with E-state index in [4.69, 9.17) is 9.47 Å². The van der Waals surface area contributed by atoms with Crippen LogP contribution in [0.3, 0.4) is 0 Å². The first-order chi connectivity index (χ1) is 19.8. The smallest absolute Gasteiger partial charge is 0.408 e. The summed E-state index contributed by atoms with van der Waals surface area (Å²) in [7, 11) is 1.58. The molecule has 0 aliphatic heterocycles. The van der Waals surface area contributed by atoms with Crippen LogP contribution >= 0.6 is 0 Å². The van der Waals surface area contributed by atoms with Gasteiger partial charge >= 0.3 is 6.09 Å². The van der Waals surface area contributed by atoms with Crippen molar-refractivity contribution in [3.05, 3.63) is 96.1 Å². The van der Waals surface area contributed by atoms with Crippen LogP contribution in [0.1, 0.15) is 65.1 Å². The van der Waals surface area contributed by atoms with Crippen molar-refractivity contribution in [2.45, 2.75) is 77.6 Å². The highest BCUT2D eigenvalue weighted by Crippen LogP contribution is 2.33. The Bertz CT molecular complexity index is 1320. The Labute approximate surface area is 249 Å². The molecule has 0 aromatic heterocycles. The zero-order valence-corrected chi connectivity index (χ0v) is 25.6. The average molecular weight is 574 g/mol. The van der Waals surface area contributed by atoms with E-state index >= 15 is 0 Å². The van der Waals surface area contributed by atoms with Crippen LogP contribution in [0.25, 0.3) is 0 Å². The predicted octanol–water partition coefficient (Wildman–Crippen LogP) is 6.53. The SMILES string of the molecule is CCC(C)(C)N(C(=O)C(Cc1ccccc1)NC(=O)OC(C)(C)C)C(C(=O)Nc1ccc(OC)cc1)c1ccccc1. The van der Waals surface area contributed by atoms with Crippen molar-refractivity contribution in [1.29, 1.82) is 0 Å². The molecule has 0 saturated heterocycles. The minimum Gasteiger partial charge on any atom is -0.497 e. The molecule has 2 N–H and O–H groups in total. The minimum absolute atomic E-state index is 0.219. The van der Waals surface area contributed by atoms with E-state index in [0.29, 0.717) is 23.4 Å². The van der Waals surface area contributed by atoms with Gasteiger partial charge in [-0.2, -0.15) is 0 Å². The maximum Gasteiger partial charge on any atom is 0.408 e. The van der Waals surface area contributed by atoms with Crippen LogP contribution in [-0.4, -0.2) is 47.1 Å². The van der Waals surface area contributed by atoms with Crippen LogP contribution in [0.2, 0.25) is 0 Å². The first kappa shape index (κ1) is 32.2. The van der Waals surface area contributed by atoms with E-state index in [2.05, 4.69) is 10.6 Å². The number of carbonyl (C=O) groups excluding carboxylic acids is 3. The third-order valence-electron chi connectivity index (χ3n) is 7.01. The number of nitrogens with zero attached hydrogens (tertiary/aromatic N) is 1. The summed E-state index contributed by atoms with van der Waals surface area (Å²) >= 11 is 0. The maximum atomic E-state index is 14.7. The Hall–Kier alpha value is -4.33. The molecule has 3 amide bonds. The Morgan fingerprint density at radius 2 is 1.40 bits per heavy atom. The fraction of sp³-hybridized carbons (Fsp3) is 0.382. The number of benzene rings is 3. The number of nitrogens with one attached hydrogen (secondary N) is 2. The fourth-order valence-corrected chi connectivity index (χ4v) is 4.55. The lowest BCUT2D eigenvalue weighted by Crippen LogP contribution is -2.59. The van der Waals surface area contributed by atoms with Crippen molar-refractivity contribution in [3.8, 4) is 5.75 Å². The van der Waals surface area contributed by atoms with E-state index in [9.17, 15) is 14.4 Å². The largest absolute Gasteiger partial charge is 0.497 e. The van der Waals surface area contributed by atoms with Gasteiger partial charge in [-0.1, -0.05) is 67.6 Å². The number of hydrogen-bond donors (Lipinski definition) is 2. The molecule has 3 aromatic carbocycles. The fourth-order valence-electron chi connectivity index (χ4n) is 4.55. The second-order valence-electron chi connectivity index (χ2n) is 11.8. The molecule has 0 radical (unpaired) electrons. The van der Waals surface area contributed by atoms with Crippen LogP contribution < -0.4 is 15.4 Å². The first-order valence-corrected chi connectivity index (χ1v) is 14.2. The van der Waals surface area contributed by atoms with Gasteiger partial charge in [0.2, 0.25) is 5.91 Å². The van der Waals surface area contributed by atoms with Crippen LogP contribution in [0.15, 0.2) is 84.9 Å². The van der Waals surface area contributed by atoms with E-state index < -0.39 is 35.2 Å². The highest BCUT2D eigenvalue weighted by molar-refractivity contribution is 5.99. The number of ether oxygens (including phenoxy) is 2. The summed E-state index contributed by atoms with van der Waals surface area (Å²) in [4.78, 5) is 43.4. The first-order valence-electron chi connectivity index (χ1n) is 14.2. The minimum atomic E-state index is -0.993. The third kappa shape index (κ3) is 8.83. The molecule has 8 heteroatoms. The quantitative estimate of drug-likeness (QED) is 0.272. The lowest BCUT2D eigenvalue weighted by atomic mass is 9.91. The van der Waals surface area contributed by atoms with E-state index in [-0.39, 0.29) is 12.3 Å². The zero-order valence-electron chi connectivity index (χ0n) is 25.6. The molecule has 3 aromatic rings. The molecule has 2 unspecified atom stereocenters. The van der Waals surface area contributed by atoms with Crippen molar-refractivity contribution in [2.24, 2.45) is 0 Å². The topological polar surface area (TPSA) is 97.0 Å². The van der Waals surface area contributed by atoms with Gasteiger partial charge in [0.25, 0.3) is 5.91 Å². The van der Waals surface area contributed by atoms with E-state index in [1.165, 1.54) is 0 Å². The molecule has 2 atom stereocenters. The number of anilines is 1. The molecule has 0 spiro atoms.